The molecule has 1 aliphatic carbocycles. The standard InChI is InChI=1S/C16H19N5O2/c22-14-10-19(8-9-21(14)12-4-1-2-5-12)16(23)13-6-3-7-20-11-17-18-15(13)20/h3,6-7,11-12H,1-2,4-5,8-10H2. The molecule has 1 saturated carbocycles. The highest BCUT2D eigenvalue weighted by atomic mass is 16.2. The first-order valence-electron chi connectivity index (χ1n) is 8.11. The third kappa shape index (κ3) is 2.46. The van der Waals surface area contributed by atoms with Crippen molar-refractivity contribution in [1.82, 2.24) is 24.4 Å². The first-order valence-corrected chi connectivity index (χ1v) is 8.11. The van der Waals surface area contributed by atoms with Gasteiger partial charge < -0.3 is 9.80 Å². The second-order valence-electron chi connectivity index (χ2n) is 6.24. The smallest absolute Gasteiger partial charge is 0.258 e. The summed E-state index contributed by atoms with van der Waals surface area (Å²) in [6.45, 7) is 1.37. The Hall–Kier alpha value is -2.44. The van der Waals surface area contributed by atoms with Crippen LogP contribution < -0.4 is 0 Å². The lowest BCUT2D eigenvalue weighted by Crippen LogP contribution is -2.54. The van der Waals surface area contributed by atoms with Crippen LogP contribution in [0, 0.1) is 0 Å². The minimum absolute atomic E-state index is 0.0601. The van der Waals surface area contributed by atoms with Crippen LogP contribution in [0.2, 0.25) is 0 Å². The van der Waals surface area contributed by atoms with Crippen LogP contribution in [-0.4, -0.2) is 61.9 Å². The molecule has 3 heterocycles. The lowest BCUT2D eigenvalue weighted by molar-refractivity contribution is -0.137. The lowest BCUT2D eigenvalue weighted by atomic mass is 10.1. The number of piperazine rings is 1. The number of pyridine rings is 1. The summed E-state index contributed by atoms with van der Waals surface area (Å²) in [6.07, 6.45) is 7.96. The molecule has 2 amide bonds. The fourth-order valence-corrected chi connectivity index (χ4v) is 3.65. The highest BCUT2D eigenvalue weighted by molar-refractivity contribution is 6.01. The van der Waals surface area contributed by atoms with E-state index in [0.717, 1.165) is 12.8 Å². The van der Waals surface area contributed by atoms with E-state index in [1.165, 1.54) is 12.8 Å². The molecule has 2 fully saturated rings. The van der Waals surface area contributed by atoms with Gasteiger partial charge in [0, 0.05) is 25.3 Å². The van der Waals surface area contributed by atoms with Crippen LogP contribution >= 0.6 is 0 Å². The van der Waals surface area contributed by atoms with E-state index in [9.17, 15) is 9.59 Å². The Balaban J connectivity index is 1.52. The lowest BCUT2D eigenvalue weighted by Gasteiger charge is -2.37. The normalized spacial score (nSPS) is 19.7. The number of hydrogen-bond donors (Lipinski definition) is 0. The maximum Gasteiger partial charge on any atom is 0.258 e. The number of amides is 2. The number of hydrogen-bond acceptors (Lipinski definition) is 4. The van der Waals surface area contributed by atoms with Crippen molar-refractivity contribution in [3.05, 3.63) is 30.2 Å². The van der Waals surface area contributed by atoms with Crippen molar-refractivity contribution in [2.45, 2.75) is 31.7 Å². The summed E-state index contributed by atoms with van der Waals surface area (Å²) in [5, 5.41) is 7.84. The second kappa shape index (κ2) is 5.64. The molecule has 0 spiro atoms. The zero-order valence-corrected chi connectivity index (χ0v) is 12.9. The van der Waals surface area contributed by atoms with Crippen molar-refractivity contribution >= 4 is 17.5 Å². The highest BCUT2D eigenvalue weighted by Crippen LogP contribution is 2.25. The van der Waals surface area contributed by atoms with Crippen LogP contribution in [0.15, 0.2) is 24.7 Å². The summed E-state index contributed by atoms with van der Waals surface area (Å²) < 4.78 is 1.71. The largest absolute Gasteiger partial charge is 0.336 e. The predicted molar refractivity (Wildman–Crippen MR) is 82.9 cm³/mol. The molecule has 0 aromatic carbocycles. The Morgan fingerprint density at radius 3 is 2.83 bits per heavy atom. The van der Waals surface area contributed by atoms with Crippen molar-refractivity contribution in [3.63, 3.8) is 0 Å². The molecule has 2 aromatic heterocycles. The molecule has 0 radical (unpaired) electrons. The number of aromatic nitrogens is 3. The predicted octanol–water partition coefficient (Wildman–Crippen LogP) is 0.956. The molecular weight excluding hydrogens is 294 g/mol. The van der Waals surface area contributed by atoms with Crippen molar-refractivity contribution < 1.29 is 9.59 Å². The van der Waals surface area contributed by atoms with Gasteiger partial charge in [0.05, 0.1) is 5.56 Å². The average Bonchev–Trinajstić information content (AvgIpc) is 3.25. The molecule has 4 rings (SSSR count). The van der Waals surface area contributed by atoms with Crippen LogP contribution in [0.25, 0.3) is 5.65 Å². The topological polar surface area (TPSA) is 70.8 Å². The van der Waals surface area contributed by atoms with Gasteiger partial charge in [-0.1, -0.05) is 12.8 Å². The van der Waals surface area contributed by atoms with E-state index in [4.69, 9.17) is 0 Å². The van der Waals surface area contributed by atoms with Gasteiger partial charge in [-0.25, -0.2) is 0 Å². The number of carbonyl (C=O) groups excluding carboxylic acids is 2. The van der Waals surface area contributed by atoms with Crippen molar-refractivity contribution in [1.29, 1.82) is 0 Å². The molecule has 2 aromatic rings. The van der Waals surface area contributed by atoms with E-state index < -0.39 is 0 Å². The van der Waals surface area contributed by atoms with E-state index in [1.807, 2.05) is 4.90 Å². The van der Waals surface area contributed by atoms with E-state index >= 15 is 0 Å². The Labute approximate surface area is 133 Å². The van der Waals surface area contributed by atoms with Crippen molar-refractivity contribution in [2.75, 3.05) is 19.6 Å². The molecule has 1 aliphatic heterocycles. The fourth-order valence-electron chi connectivity index (χ4n) is 3.65. The van der Waals surface area contributed by atoms with Gasteiger partial charge in [-0.2, -0.15) is 0 Å². The van der Waals surface area contributed by atoms with Crippen molar-refractivity contribution in [3.8, 4) is 0 Å². The number of fused-ring (bicyclic) bond motifs is 1. The summed E-state index contributed by atoms with van der Waals surface area (Å²) in [6, 6.07) is 3.90. The van der Waals surface area contributed by atoms with Crippen LogP contribution in [0.5, 0.6) is 0 Å². The SMILES string of the molecule is O=C(c1cccn2cnnc12)N1CCN(C2CCCC2)C(=O)C1. The van der Waals surface area contributed by atoms with E-state index in [0.29, 0.717) is 30.3 Å². The summed E-state index contributed by atoms with van der Waals surface area (Å²) >= 11 is 0. The van der Waals surface area contributed by atoms with Gasteiger partial charge in [0.25, 0.3) is 5.91 Å². The van der Waals surface area contributed by atoms with Crippen molar-refractivity contribution in [2.24, 2.45) is 0 Å². The van der Waals surface area contributed by atoms with Gasteiger partial charge >= 0.3 is 0 Å². The Kier molecular flexibility index (Phi) is 3.48. The minimum Gasteiger partial charge on any atom is -0.336 e. The molecule has 0 unspecified atom stereocenters. The third-order valence-corrected chi connectivity index (χ3v) is 4.86. The molecular formula is C16H19N5O2. The summed E-state index contributed by atoms with van der Waals surface area (Å²) in [4.78, 5) is 28.8. The van der Waals surface area contributed by atoms with Gasteiger partial charge in [-0.15, -0.1) is 10.2 Å². The zero-order valence-electron chi connectivity index (χ0n) is 12.9. The van der Waals surface area contributed by atoms with E-state index in [2.05, 4.69) is 10.2 Å². The minimum atomic E-state index is -0.150. The molecule has 0 bridgehead atoms. The summed E-state index contributed by atoms with van der Waals surface area (Å²) in [5.74, 6) is -0.0899. The third-order valence-electron chi connectivity index (χ3n) is 4.86. The Morgan fingerprint density at radius 2 is 2.04 bits per heavy atom. The quantitative estimate of drug-likeness (QED) is 0.828. The van der Waals surface area contributed by atoms with Crippen LogP contribution in [0.4, 0.5) is 0 Å². The molecule has 120 valence electrons. The highest BCUT2D eigenvalue weighted by Gasteiger charge is 2.33. The van der Waals surface area contributed by atoms with E-state index in [-0.39, 0.29) is 18.4 Å². The summed E-state index contributed by atoms with van der Waals surface area (Å²) in [5.41, 5.74) is 1.02. The molecule has 7 heteroatoms. The van der Waals surface area contributed by atoms with Crippen LogP contribution in [-0.2, 0) is 4.79 Å². The second-order valence-corrected chi connectivity index (χ2v) is 6.24. The van der Waals surface area contributed by atoms with Gasteiger partial charge in [0.15, 0.2) is 5.65 Å². The molecule has 23 heavy (non-hydrogen) atoms. The number of carbonyl (C=O) groups is 2. The van der Waals surface area contributed by atoms with Crippen LogP contribution in [0.1, 0.15) is 36.0 Å². The van der Waals surface area contributed by atoms with E-state index in [1.54, 1.807) is 34.0 Å². The van der Waals surface area contributed by atoms with Gasteiger partial charge in [-0.3, -0.25) is 14.0 Å². The monoisotopic (exact) mass is 313 g/mol. The zero-order chi connectivity index (χ0) is 15.8. The maximum atomic E-state index is 12.8. The van der Waals surface area contributed by atoms with Gasteiger partial charge in [-0.05, 0) is 25.0 Å². The first kappa shape index (κ1) is 14.2. The molecule has 0 atom stereocenters. The Morgan fingerprint density at radius 1 is 1.22 bits per heavy atom. The fraction of sp³-hybridized carbons (Fsp3) is 0.500. The summed E-state index contributed by atoms with van der Waals surface area (Å²) in [7, 11) is 0. The number of nitrogens with zero attached hydrogens (tertiary/aromatic N) is 5. The molecule has 7 nitrogen and oxygen atoms in total. The maximum absolute atomic E-state index is 12.8. The molecule has 2 aliphatic rings. The Bertz CT molecular complexity index is 750. The van der Waals surface area contributed by atoms with Gasteiger partial charge in [0.2, 0.25) is 5.91 Å². The first-order chi connectivity index (χ1) is 11.2. The molecule has 0 N–H and O–H groups in total. The average molecular weight is 313 g/mol. The van der Waals surface area contributed by atoms with Crippen LogP contribution in [0.3, 0.4) is 0 Å². The van der Waals surface area contributed by atoms with Gasteiger partial charge in [0.1, 0.15) is 12.9 Å². The molecule has 1 saturated heterocycles. The number of rotatable bonds is 2.